The predicted octanol–water partition coefficient (Wildman–Crippen LogP) is 4.04. The highest BCUT2D eigenvalue weighted by molar-refractivity contribution is 5.94. The molecule has 1 N–H and O–H groups in total. The molecule has 0 aliphatic carbocycles. The number of amides is 1. The Bertz CT molecular complexity index is 632. The number of hydrogen-bond donors (Lipinski definition) is 1. The molecule has 23 heavy (non-hydrogen) atoms. The van der Waals surface area contributed by atoms with E-state index in [2.05, 4.69) is 10.1 Å². The van der Waals surface area contributed by atoms with E-state index in [-0.39, 0.29) is 17.7 Å². The Morgan fingerprint density at radius 3 is 2.57 bits per heavy atom. The summed E-state index contributed by atoms with van der Waals surface area (Å²) in [6.45, 7) is -0.988. The van der Waals surface area contributed by atoms with Gasteiger partial charge in [-0.1, -0.05) is 36.4 Å². The molecule has 0 aromatic heterocycles. The Labute approximate surface area is 134 Å². The number of hydrogen-bond acceptors (Lipinski definition) is 2. The van der Waals surface area contributed by atoms with Gasteiger partial charge in [-0.3, -0.25) is 4.79 Å². The van der Waals surface area contributed by atoms with Crippen LogP contribution in [0.15, 0.2) is 54.6 Å². The minimum atomic E-state index is -2.90. The fourth-order valence-electron chi connectivity index (χ4n) is 2.22. The van der Waals surface area contributed by atoms with Gasteiger partial charge in [0, 0.05) is 11.6 Å². The highest BCUT2D eigenvalue weighted by Crippen LogP contribution is 2.16. The first kappa shape index (κ1) is 16.9. The molecule has 2 aromatic rings. The van der Waals surface area contributed by atoms with Crippen LogP contribution in [-0.2, 0) is 6.42 Å². The van der Waals surface area contributed by atoms with Crippen LogP contribution in [0.2, 0.25) is 0 Å². The number of carbonyl (C=O) groups excluding carboxylic acids is 1. The molecule has 0 bridgehead atoms. The normalized spacial score (nSPS) is 12.0. The zero-order chi connectivity index (χ0) is 16.7. The molecule has 2 aromatic carbocycles. The molecule has 1 atom stereocenters. The van der Waals surface area contributed by atoms with E-state index < -0.39 is 6.61 Å². The zero-order valence-corrected chi connectivity index (χ0v) is 12.8. The van der Waals surface area contributed by atoms with Crippen LogP contribution in [0, 0.1) is 0 Å². The van der Waals surface area contributed by atoms with Gasteiger partial charge in [-0.15, -0.1) is 0 Å². The number of rotatable bonds is 7. The minimum Gasteiger partial charge on any atom is -0.435 e. The molecule has 3 nitrogen and oxygen atoms in total. The van der Waals surface area contributed by atoms with Crippen molar-refractivity contribution in [1.29, 1.82) is 0 Å². The van der Waals surface area contributed by atoms with Crippen LogP contribution in [0.5, 0.6) is 5.75 Å². The second-order valence-corrected chi connectivity index (χ2v) is 5.31. The summed E-state index contributed by atoms with van der Waals surface area (Å²) in [5.41, 5.74) is 1.51. The molecule has 0 heterocycles. The van der Waals surface area contributed by atoms with Crippen molar-refractivity contribution < 1.29 is 18.3 Å². The molecule has 122 valence electrons. The van der Waals surface area contributed by atoms with Crippen LogP contribution in [0.3, 0.4) is 0 Å². The number of ether oxygens (including phenoxy) is 1. The van der Waals surface area contributed by atoms with Crippen molar-refractivity contribution in [3.8, 4) is 5.75 Å². The monoisotopic (exact) mass is 319 g/mol. The van der Waals surface area contributed by atoms with Gasteiger partial charge >= 0.3 is 6.61 Å². The minimum absolute atomic E-state index is 0.0235. The molecular weight excluding hydrogens is 300 g/mol. The molecule has 5 heteroatoms. The SMILES string of the molecule is CC(CCc1ccccc1)NC(=O)c1cccc(OC(F)F)c1. The topological polar surface area (TPSA) is 38.3 Å². The first-order chi connectivity index (χ1) is 11.0. The molecular formula is C18H19F2NO2. The molecule has 0 aliphatic rings. The Morgan fingerprint density at radius 1 is 1.13 bits per heavy atom. The van der Waals surface area contributed by atoms with Gasteiger partial charge in [0.15, 0.2) is 0 Å². The third-order valence-corrected chi connectivity index (χ3v) is 3.41. The highest BCUT2D eigenvalue weighted by Gasteiger charge is 2.12. The number of benzene rings is 2. The van der Waals surface area contributed by atoms with Crippen molar-refractivity contribution in [2.75, 3.05) is 0 Å². The van der Waals surface area contributed by atoms with E-state index in [1.165, 1.54) is 23.8 Å². The summed E-state index contributed by atoms with van der Waals surface area (Å²) in [5.74, 6) is -0.324. The summed E-state index contributed by atoms with van der Waals surface area (Å²) in [4.78, 5) is 12.2. The lowest BCUT2D eigenvalue weighted by atomic mass is 10.1. The largest absolute Gasteiger partial charge is 0.435 e. The maximum atomic E-state index is 12.2. The molecule has 0 spiro atoms. The second-order valence-electron chi connectivity index (χ2n) is 5.31. The number of alkyl halides is 2. The first-order valence-electron chi connectivity index (χ1n) is 7.44. The summed E-state index contributed by atoms with van der Waals surface area (Å²) >= 11 is 0. The quantitative estimate of drug-likeness (QED) is 0.836. The number of aryl methyl sites for hydroxylation is 1. The van der Waals surface area contributed by atoms with E-state index in [0.29, 0.717) is 5.56 Å². The molecule has 0 radical (unpaired) electrons. The van der Waals surface area contributed by atoms with Crippen molar-refractivity contribution in [3.05, 3.63) is 65.7 Å². The Balaban J connectivity index is 1.88. The molecule has 0 saturated carbocycles. The van der Waals surface area contributed by atoms with E-state index in [1.807, 2.05) is 37.3 Å². The van der Waals surface area contributed by atoms with Crippen molar-refractivity contribution in [2.24, 2.45) is 0 Å². The maximum absolute atomic E-state index is 12.2. The zero-order valence-electron chi connectivity index (χ0n) is 12.8. The van der Waals surface area contributed by atoms with Crippen LogP contribution in [-0.4, -0.2) is 18.6 Å². The van der Waals surface area contributed by atoms with Gasteiger partial charge in [0.2, 0.25) is 0 Å². The van der Waals surface area contributed by atoms with Crippen LogP contribution >= 0.6 is 0 Å². The summed E-state index contributed by atoms with van der Waals surface area (Å²) < 4.78 is 28.7. The van der Waals surface area contributed by atoms with E-state index in [9.17, 15) is 13.6 Å². The van der Waals surface area contributed by atoms with Crippen LogP contribution in [0.4, 0.5) is 8.78 Å². The van der Waals surface area contributed by atoms with Crippen LogP contribution < -0.4 is 10.1 Å². The molecule has 1 amide bonds. The van der Waals surface area contributed by atoms with Crippen molar-refractivity contribution in [2.45, 2.75) is 32.4 Å². The first-order valence-corrected chi connectivity index (χ1v) is 7.44. The van der Waals surface area contributed by atoms with Gasteiger partial charge in [0.1, 0.15) is 5.75 Å². The predicted molar refractivity (Wildman–Crippen MR) is 84.8 cm³/mol. The average molecular weight is 319 g/mol. The highest BCUT2D eigenvalue weighted by atomic mass is 19.3. The van der Waals surface area contributed by atoms with Gasteiger partial charge in [0.25, 0.3) is 5.91 Å². The Kier molecular flexibility index (Phi) is 6.09. The molecule has 0 aliphatic heterocycles. The van der Waals surface area contributed by atoms with E-state index in [0.717, 1.165) is 12.8 Å². The summed E-state index contributed by atoms with van der Waals surface area (Å²) in [6, 6.07) is 15.8. The van der Waals surface area contributed by atoms with Crippen molar-refractivity contribution in [1.82, 2.24) is 5.32 Å². The molecule has 0 saturated heterocycles. The third kappa shape index (κ3) is 5.70. The van der Waals surface area contributed by atoms with Crippen LogP contribution in [0.1, 0.15) is 29.3 Å². The molecule has 2 rings (SSSR count). The van der Waals surface area contributed by atoms with Gasteiger partial charge in [-0.05, 0) is 43.5 Å². The third-order valence-electron chi connectivity index (χ3n) is 3.41. The number of carbonyl (C=O) groups is 1. The fourth-order valence-corrected chi connectivity index (χ4v) is 2.22. The Morgan fingerprint density at radius 2 is 1.87 bits per heavy atom. The lowest BCUT2D eigenvalue weighted by Gasteiger charge is -2.14. The maximum Gasteiger partial charge on any atom is 0.387 e. The van der Waals surface area contributed by atoms with Gasteiger partial charge in [-0.25, -0.2) is 0 Å². The van der Waals surface area contributed by atoms with Gasteiger partial charge < -0.3 is 10.1 Å². The van der Waals surface area contributed by atoms with E-state index in [1.54, 1.807) is 6.07 Å². The van der Waals surface area contributed by atoms with Crippen molar-refractivity contribution >= 4 is 5.91 Å². The fraction of sp³-hybridized carbons (Fsp3) is 0.278. The summed E-state index contributed by atoms with van der Waals surface area (Å²) in [6.07, 6.45) is 1.65. The molecule has 0 fully saturated rings. The van der Waals surface area contributed by atoms with E-state index in [4.69, 9.17) is 0 Å². The Hall–Kier alpha value is -2.43. The van der Waals surface area contributed by atoms with E-state index >= 15 is 0 Å². The summed E-state index contributed by atoms with van der Waals surface area (Å²) in [7, 11) is 0. The van der Waals surface area contributed by atoms with Gasteiger partial charge in [0.05, 0.1) is 0 Å². The van der Waals surface area contributed by atoms with Crippen LogP contribution in [0.25, 0.3) is 0 Å². The number of nitrogens with one attached hydrogen (secondary N) is 1. The van der Waals surface area contributed by atoms with Crippen molar-refractivity contribution in [3.63, 3.8) is 0 Å². The summed E-state index contributed by atoms with van der Waals surface area (Å²) in [5, 5.41) is 2.86. The second kappa shape index (κ2) is 8.27. The number of halogens is 2. The lowest BCUT2D eigenvalue weighted by Crippen LogP contribution is -2.32. The molecule has 1 unspecified atom stereocenters. The lowest BCUT2D eigenvalue weighted by molar-refractivity contribution is -0.0498. The average Bonchev–Trinajstić information content (AvgIpc) is 2.53. The van der Waals surface area contributed by atoms with Gasteiger partial charge in [-0.2, -0.15) is 8.78 Å². The standard InChI is InChI=1S/C18H19F2NO2/c1-13(10-11-14-6-3-2-4-7-14)21-17(22)15-8-5-9-16(12-15)23-18(19)20/h2-9,12-13,18H,10-11H2,1H3,(H,21,22). The smallest absolute Gasteiger partial charge is 0.387 e.